The van der Waals surface area contributed by atoms with Crippen LogP contribution in [0.25, 0.3) is 0 Å². The number of aldehydes is 1. The second kappa shape index (κ2) is 6.50. The summed E-state index contributed by atoms with van der Waals surface area (Å²) in [6.07, 6.45) is 0.863. The fraction of sp³-hybridized carbons (Fsp3) is 0.125. The maximum Gasteiger partial charge on any atom is 0.310 e. The van der Waals surface area contributed by atoms with Gasteiger partial charge in [-0.05, 0) is 11.1 Å². The van der Waals surface area contributed by atoms with Gasteiger partial charge < -0.3 is 4.74 Å². The van der Waals surface area contributed by atoms with Crippen molar-refractivity contribution in [2.75, 3.05) is 0 Å². The maximum absolute atomic E-state index is 11.7. The largest absolute Gasteiger partial charge is 0.461 e. The van der Waals surface area contributed by atoms with Crippen molar-refractivity contribution in [2.45, 2.75) is 13.0 Å². The van der Waals surface area contributed by atoms with E-state index in [1.165, 1.54) is 0 Å². The summed E-state index contributed by atoms with van der Waals surface area (Å²) in [5.41, 5.74) is 2.16. The van der Waals surface area contributed by atoms with Gasteiger partial charge in [0.15, 0.2) is 0 Å². The number of esters is 1. The van der Waals surface area contributed by atoms with E-state index in [0.717, 1.165) is 11.8 Å². The van der Waals surface area contributed by atoms with E-state index in [2.05, 4.69) is 0 Å². The summed E-state index contributed by atoms with van der Waals surface area (Å²) in [5.74, 6) is -0.335. The lowest BCUT2D eigenvalue weighted by Crippen LogP contribution is -2.09. The van der Waals surface area contributed by atoms with Gasteiger partial charge in [0.2, 0.25) is 0 Å². The van der Waals surface area contributed by atoms with Crippen LogP contribution < -0.4 is 0 Å². The van der Waals surface area contributed by atoms with Crippen molar-refractivity contribution in [1.29, 1.82) is 0 Å². The number of rotatable bonds is 5. The Bertz CT molecular complexity index is 561. The van der Waals surface area contributed by atoms with Crippen molar-refractivity contribution in [2.24, 2.45) is 0 Å². The summed E-state index contributed by atoms with van der Waals surface area (Å²) in [5, 5.41) is 0. The predicted molar refractivity (Wildman–Crippen MR) is 71.8 cm³/mol. The molecule has 0 spiro atoms. The van der Waals surface area contributed by atoms with Crippen LogP contribution in [0.15, 0.2) is 54.6 Å². The van der Waals surface area contributed by atoms with Gasteiger partial charge in [0.05, 0.1) is 6.42 Å². The molecule has 0 amide bonds. The zero-order chi connectivity index (χ0) is 13.5. The molecule has 0 heterocycles. The van der Waals surface area contributed by atoms with Crippen molar-refractivity contribution < 1.29 is 14.3 Å². The third kappa shape index (κ3) is 3.78. The highest BCUT2D eigenvalue weighted by molar-refractivity contribution is 5.81. The van der Waals surface area contributed by atoms with Crippen molar-refractivity contribution in [3.05, 3.63) is 71.3 Å². The van der Waals surface area contributed by atoms with Crippen molar-refractivity contribution >= 4 is 12.3 Å². The van der Waals surface area contributed by atoms with E-state index in [1.54, 1.807) is 24.3 Å². The Labute approximate surface area is 111 Å². The molecule has 3 heteroatoms. The average Bonchev–Trinajstić information content (AvgIpc) is 2.47. The molecule has 0 saturated carbocycles. The van der Waals surface area contributed by atoms with Crippen LogP contribution in [0.3, 0.4) is 0 Å². The van der Waals surface area contributed by atoms with Gasteiger partial charge in [0.25, 0.3) is 0 Å². The Hall–Kier alpha value is -2.42. The second-order valence-corrected chi connectivity index (χ2v) is 4.14. The molecule has 2 aromatic carbocycles. The minimum Gasteiger partial charge on any atom is -0.461 e. The monoisotopic (exact) mass is 254 g/mol. The highest BCUT2D eigenvalue weighted by Crippen LogP contribution is 2.09. The van der Waals surface area contributed by atoms with Crippen molar-refractivity contribution in [3.63, 3.8) is 0 Å². The number of carbonyl (C=O) groups excluding carboxylic acids is 2. The van der Waals surface area contributed by atoms with Gasteiger partial charge in [-0.15, -0.1) is 0 Å². The molecule has 0 N–H and O–H groups in total. The molecule has 0 aliphatic heterocycles. The van der Waals surface area contributed by atoms with Gasteiger partial charge in [-0.2, -0.15) is 0 Å². The van der Waals surface area contributed by atoms with Crippen LogP contribution in [0, 0.1) is 0 Å². The van der Waals surface area contributed by atoms with E-state index in [4.69, 9.17) is 4.74 Å². The second-order valence-electron chi connectivity index (χ2n) is 4.14. The Morgan fingerprint density at radius 2 is 1.68 bits per heavy atom. The molecule has 0 radical (unpaired) electrons. The number of ether oxygens (including phenoxy) is 1. The molecular formula is C16H14O3. The third-order valence-electron chi connectivity index (χ3n) is 2.76. The van der Waals surface area contributed by atoms with Crippen LogP contribution >= 0.6 is 0 Å². The Balaban J connectivity index is 1.93. The van der Waals surface area contributed by atoms with Crippen LogP contribution in [0.1, 0.15) is 21.5 Å². The van der Waals surface area contributed by atoms with Crippen LogP contribution in [0.5, 0.6) is 0 Å². The molecule has 19 heavy (non-hydrogen) atoms. The lowest BCUT2D eigenvalue weighted by Gasteiger charge is -2.06. The first-order valence-corrected chi connectivity index (χ1v) is 6.02. The van der Waals surface area contributed by atoms with Gasteiger partial charge in [-0.3, -0.25) is 9.59 Å². The standard InChI is InChI=1S/C16H14O3/c17-11-15-9-5-4-8-14(15)10-16(18)19-12-13-6-2-1-3-7-13/h1-9,11H,10,12H2. The van der Waals surface area contributed by atoms with Crippen LogP contribution in [-0.2, 0) is 22.6 Å². The molecule has 0 saturated heterocycles. The zero-order valence-corrected chi connectivity index (χ0v) is 10.4. The van der Waals surface area contributed by atoms with Gasteiger partial charge in [-0.1, -0.05) is 54.6 Å². The minimum absolute atomic E-state index is 0.113. The van der Waals surface area contributed by atoms with Crippen molar-refractivity contribution in [1.82, 2.24) is 0 Å². The van der Waals surface area contributed by atoms with Crippen LogP contribution in [0.4, 0.5) is 0 Å². The number of hydrogen-bond donors (Lipinski definition) is 0. The first kappa shape index (κ1) is 13.0. The van der Waals surface area contributed by atoms with E-state index in [9.17, 15) is 9.59 Å². The van der Waals surface area contributed by atoms with Crippen molar-refractivity contribution in [3.8, 4) is 0 Å². The van der Waals surface area contributed by atoms with E-state index in [0.29, 0.717) is 11.1 Å². The zero-order valence-electron chi connectivity index (χ0n) is 10.4. The first-order valence-electron chi connectivity index (χ1n) is 6.02. The Morgan fingerprint density at radius 1 is 1.00 bits per heavy atom. The summed E-state index contributed by atoms with van der Waals surface area (Å²) in [6.45, 7) is 0.253. The van der Waals surface area contributed by atoms with Gasteiger partial charge in [0.1, 0.15) is 12.9 Å². The molecule has 96 valence electrons. The third-order valence-corrected chi connectivity index (χ3v) is 2.76. The molecular weight excluding hydrogens is 240 g/mol. The lowest BCUT2D eigenvalue weighted by atomic mass is 10.1. The van der Waals surface area contributed by atoms with Gasteiger partial charge >= 0.3 is 5.97 Å². The molecule has 0 atom stereocenters. The maximum atomic E-state index is 11.7. The molecule has 3 nitrogen and oxygen atoms in total. The van der Waals surface area contributed by atoms with Crippen LogP contribution in [-0.4, -0.2) is 12.3 Å². The highest BCUT2D eigenvalue weighted by Gasteiger charge is 2.08. The number of benzene rings is 2. The molecule has 0 aromatic heterocycles. The Morgan fingerprint density at radius 3 is 2.42 bits per heavy atom. The van der Waals surface area contributed by atoms with Crippen LogP contribution in [0.2, 0.25) is 0 Å². The molecule has 0 unspecified atom stereocenters. The fourth-order valence-corrected chi connectivity index (χ4v) is 1.75. The number of hydrogen-bond acceptors (Lipinski definition) is 3. The summed E-state index contributed by atoms with van der Waals surface area (Å²) in [7, 11) is 0. The van der Waals surface area contributed by atoms with E-state index in [-0.39, 0.29) is 19.0 Å². The normalized spacial score (nSPS) is 9.89. The van der Waals surface area contributed by atoms with E-state index >= 15 is 0 Å². The molecule has 2 rings (SSSR count). The number of carbonyl (C=O) groups is 2. The SMILES string of the molecule is O=Cc1ccccc1CC(=O)OCc1ccccc1. The lowest BCUT2D eigenvalue weighted by molar-refractivity contribution is -0.144. The molecule has 0 aliphatic carbocycles. The molecule has 0 aliphatic rings. The average molecular weight is 254 g/mol. The first-order chi connectivity index (χ1) is 9.29. The summed E-state index contributed by atoms with van der Waals surface area (Å²) >= 11 is 0. The van der Waals surface area contributed by atoms with E-state index in [1.807, 2.05) is 30.3 Å². The van der Waals surface area contributed by atoms with Gasteiger partial charge in [-0.25, -0.2) is 0 Å². The highest BCUT2D eigenvalue weighted by atomic mass is 16.5. The minimum atomic E-state index is -0.335. The topological polar surface area (TPSA) is 43.4 Å². The molecule has 0 bridgehead atoms. The molecule has 2 aromatic rings. The smallest absolute Gasteiger partial charge is 0.310 e. The Kier molecular flexibility index (Phi) is 4.45. The summed E-state index contributed by atoms with van der Waals surface area (Å²) in [4.78, 5) is 22.6. The fourth-order valence-electron chi connectivity index (χ4n) is 1.75. The predicted octanol–water partition coefficient (Wildman–Crippen LogP) is 2.79. The summed E-state index contributed by atoms with van der Waals surface area (Å²) in [6, 6.07) is 16.5. The van der Waals surface area contributed by atoms with Gasteiger partial charge in [0, 0.05) is 5.56 Å². The summed E-state index contributed by atoms with van der Waals surface area (Å²) < 4.78 is 5.18. The molecule has 0 fully saturated rings. The van der Waals surface area contributed by atoms with E-state index < -0.39 is 0 Å². The quantitative estimate of drug-likeness (QED) is 0.608.